The average molecular weight is 246 g/mol. The van der Waals surface area contributed by atoms with Gasteiger partial charge in [-0.2, -0.15) is 0 Å². The summed E-state index contributed by atoms with van der Waals surface area (Å²) in [6, 6.07) is 6.36. The van der Waals surface area contributed by atoms with Gasteiger partial charge in [0.1, 0.15) is 5.82 Å². The molecule has 2 rings (SSSR count). The number of nitrogens with zero attached hydrogens (tertiary/aromatic N) is 2. The Morgan fingerprint density at radius 1 is 1.50 bits per heavy atom. The first-order valence-corrected chi connectivity index (χ1v) is 5.67. The van der Waals surface area contributed by atoms with E-state index in [1.165, 1.54) is 6.07 Å². The van der Waals surface area contributed by atoms with Crippen LogP contribution in [0.15, 0.2) is 30.5 Å². The monoisotopic (exact) mass is 246 g/mol. The summed E-state index contributed by atoms with van der Waals surface area (Å²) >= 11 is 0. The standard InChI is InChI=1S/C12H14N4O2/c1-2-9(13)12-14-7-10(15-12)8-5-3-4-6-11(8)16(17)18/h3-7,9H,2,13H2,1H3,(H,14,15). The van der Waals surface area contributed by atoms with Crippen molar-refractivity contribution < 1.29 is 4.92 Å². The zero-order valence-corrected chi connectivity index (χ0v) is 9.96. The minimum Gasteiger partial charge on any atom is -0.340 e. The van der Waals surface area contributed by atoms with Gasteiger partial charge in [0.2, 0.25) is 0 Å². The van der Waals surface area contributed by atoms with Gasteiger partial charge in [0.05, 0.1) is 28.4 Å². The van der Waals surface area contributed by atoms with E-state index in [9.17, 15) is 10.1 Å². The summed E-state index contributed by atoms with van der Waals surface area (Å²) in [6.45, 7) is 1.96. The van der Waals surface area contributed by atoms with Gasteiger partial charge in [-0.1, -0.05) is 19.1 Å². The van der Waals surface area contributed by atoms with Crippen LogP contribution < -0.4 is 5.73 Å². The summed E-state index contributed by atoms with van der Waals surface area (Å²) in [4.78, 5) is 17.7. The summed E-state index contributed by atoms with van der Waals surface area (Å²) in [5.41, 5.74) is 7.04. The maximum atomic E-state index is 10.9. The number of hydrogen-bond donors (Lipinski definition) is 2. The molecule has 0 saturated carbocycles. The predicted octanol–water partition coefficient (Wildman–Crippen LogP) is 2.39. The molecule has 1 aromatic heterocycles. The second-order valence-electron chi connectivity index (χ2n) is 3.97. The Morgan fingerprint density at radius 3 is 2.89 bits per heavy atom. The first kappa shape index (κ1) is 12.3. The van der Waals surface area contributed by atoms with E-state index in [2.05, 4.69) is 9.97 Å². The lowest BCUT2D eigenvalue weighted by molar-refractivity contribution is -0.384. The van der Waals surface area contributed by atoms with E-state index in [0.717, 1.165) is 6.42 Å². The molecule has 0 aliphatic heterocycles. The highest BCUT2D eigenvalue weighted by atomic mass is 16.6. The zero-order valence-electron chi connectivity index (χ0n) is 9.96. The van der Waals surface area contributed by atoms with Gasteiger partial charge in [0.25, 0.3) is 5.69 Å². The molecule has 6 heteroatoms. The Hall–Kier alpha value is -2.21. The molecule has 0 saturated heterocycles. The number of nitro benzene ring substituents is 1. The number of benzene rings is 1. The van der Waals surface area contributed by atoms with Gasteiger partial charge in [-0.25, -0.2) is 4.98 Å². The Balaban J connectivity index is 2.43. The Bertz CT molecular complexity index is 565. The number of nitrogens with two attached hydrogens (primary N) is 1. The molecule has 0 spiro atoms. The van der Waals surface area contributed by atoms with Crippen molar-refractivity contribution in [3.63, 3.8) is 0 Å². The van der Waals surface area contributed by atoms with Crippen molar-refractivity contribution >= 4 is 5.69 Å². The number of aromatic amines is 1. The van der Waals surface area contributed by atoms with Crippen LogP contribution in [0.2, 0.25) is 0 Å². The maximum absolute atomic E-state index is 10.9. The van der Waals surface area contributed by atoms with Crippen molar-refractivity contribution in [2.45, 2.75) is 19.4 Å². The van der Waals surface area contributed by atoms with E-state index >= 15 is 0 Å². The molecule has 0 aliphatic carbocycles. The van der Waals surface area contributed by atoms with E-state index in [-0.39, 0.29) is 11.7 Å². The lowest BCUT2D eigenvalue weighted by Crippen LogP contribution is -2.10. The number of para-hydroxylation sites is 1. The molecule has 6 nitrogen and oxygen atoms in total. The highest BCUT2D eigenvalue weighted by Crippen LogP contribution is 2.28. The van der Waals surface area contributed by atoms with Crippen LogP contribution in [0.25, 0.3) is 11.3 Å². The zero-order chi connectivity index (χ0) is 13.1. The molecule has 1 heterocycles. The Morgan fingerprint density at radius 2 is 2.22 bits per heavy atom. The lowest BCUT2D eigenvalue weighted by atomic mass is 10.1. The smallest absolute Gasteiger partial charge is 0.278 e. The quantitative estimate of drug-likeness (QED) is 0.639. The van der Waals surface area contributed by atoms with Crippen molar-refractivity contribution in [3.05, 3.63) is 46.4 Å². The summed E-state index contributed by atoms with van der Waals surface area (Å²) in [5.74, 6) is 0.644. The average Bonchev–Trinajstić information content (AvgIpc) is 2.87. The topological polar surface area (TPSA) is 97.8 Å². The van der Waals surface area contributed by atoms with Crippen LogP contribution in [-0.2, 0) is 0 Å². The van der Waals surface area contributed by atoms with E-state index in [0.29, 0.717) is 17.1 Å². The number of rotatable bonds is 4. The molecule has 0 aliphatic rings. The third kappa shape index (κ3) is 2.23. The van der Waals surface area contributed by atoms with Gasteiger partial charge in [0.15, 0.2) is 0 Å². The van der Waals surface area contributed by atoms with E-state index in [4.69, 9.17) is 5.73 Å². The normalized spacial score (nSPS) is 12.3. The van der Waals surface area contributed by atoms with Crippen LogP contribution in [0.1, 0.15) is 25.2 Å². The van der Waals surface area contributed by atoms with Crippen LogP contribution in [0, 0.1) is 10.1 Å². The molecule has 0 bridgehead atoms. The van der Waals surface area contributed by atoms with Crippen molar-refractivity contribution in [2.75, 3.05) is 0 Å². The van der Waals surface area contributed by atoms with Gasteiger partial charge in [-0.05, 0) is 12.5 Å². The minimum atomic E-state index is -0.407. The minimum absolute atomic E-state index is 0.0535. The molecule has 2 aromatic rings. The van der Waals surface area contributed by atoms with Gasteiger partial charge in [0, 0.05) is 6.07 Å². The number of nitro groups is 1. The summed E-state index contributed by atoms with van der Waals surface area (Å²) in [7, 11) is 0. The number of nitrogens with one attached hydrogen (secondary N) is 1. The molecule has 0 radical (unpaired) electrons. The molecular formula is C12H14N4O2. The number of H-pyrrole nitrogens is 1. The number of aromatic nitrogens is 2. The molecule has 0 amide bonds. The van der Waals surface area contributed by atoms with E-state index < -0.39 is 4.92 Å². The molecule has 1 unspecified atom stereocenters. The first-order valence-electron chi connectivity index (χ1n) is 5.67. The van der Waals surface area contributed by atoms with Crippen LogP contribution in [0.4, 0.5) is 5.69 Å². The van der Waals surface area contributed by atoms with Gasteiger partial charge < -0.3 is 10.7 Å². The Kier molecular flexibility index (Phi) is 3.38. The van der Waals surface area contributed by atoms with E-state index in [1.54, 1.807) is 24.4 Å². The van der Waals surface area contributed by atoms with Gasteiger partial charge in [-0.15, -0.1) is 0 Å². The highest BCUT2D eigenvalue weighted by Gasteiger charge is 2.17. The fourth-order valence-electron chi connectivity index (χ4n) is 1.72. The third-order valence-corrected chi connectivity index (χ3v) is 2.78. The Labute approximate surface area is 104 Å². The highest BCUT2D eigenvalue weighted by molar-refractivity contribution is 5.70. The van der Waals surface area contributed by atoms with Gasteiger partial charge in [-0.3, -0.25) is 10.1 Å². The molecule has 18 heavy (non-hydrogen) atoms. The summed E-state index contributed by atoms with van der Waals surface area (Å²) in [6.07, 6.45) is 2.33. The van der Waals surface area contributed by atoms with E-state index in [1.807, 2.05) is 6.92 Å². The molecule has 1 atom stereocenters. The molecule has 3 N–H and O–H groups in total. The third-order valence-electron chi connectivity index (χ3n) is 2.78. The van der Waals surface area contributed by atoms with Crippen molar-refractivity contribution in [1.82, 2.24) is 9.97 Å². The van der Waals surface area contributed by atoms with Crippen molar-refractivity contribution in [1.29, 1.82) is 0 Å². The molecular weight excluding hydrogens is 232 g/mol. The second-order valence-corrected chi connectivity index (χ2v) is 3.97. The number of imidazole rings is 1. The largest absolute Gasteiger partial charge is 0.340 e. The SMILES string of the molecule is CCC(N)c1ncc(-c2ccccc2[N+](=O)[O-])[nH]1. The second kappa shape index (κ2) is 4.97. The predicted molar refractivity (Wildman–Crippen MR) is 67.9 cm³/mol. The fourth-order valence-corrected chi connectivity index (χ4v) is 1.72. The van der Waals surface area contributed by atoms with Crippen LogP contribution in [-0.4, -0.2) is 14.9 Å². The van der Waals surface area contributed by atoms with Crippen molar-refractivity contribution in [3.8, 4) is 11.3 Å². The lowest BCUT2D eigenvalue weighted by Gasteiger charge is -2.04. The van der Waals surface area contributed by atoms with Crippen molar-refractivity contribution in [2.24, 2.45) is 5.73 Å². The molecule has 94 valence electrons. The summed E-state index contributed by atoms with van der Waals surface area (Å²) < 4.78 is 0. The molecule has 1 aromatic carbocycles. The maximum Gasteiger partial charge on any atom is 0.278 e. The van der Waals surface area contributed by atoms with Crippen LogP contribution >= 0.6 is 0 Å². The summed E-state index contributed by atoms with van der Waals surface area (Å²) in [5, 5.41) is 10.9. The number of hydrogen-bond acceptors (Lipinski definition) is 4. The van der Waals surface area contributed by atoms with Crippen LogP contribution in [0.3, 0.4) is 0 Å². The molecule has 0 fully saturated rings. The van der Waals surface area contributed by atoms with Gasteiger partial charge >= 0.3 is 0 Å². The first-order chi connectivity index (χ1) is 8.63. The fraction of sp³-hybridized carbons (Fsp3) is 0.250. The van der Waals surface area contributed by atoms with Crippen LogP contribution in [0.5, 0.6) is 0 Å².